The quantitative estimate of drug-likeness (QED) is 0.328. The summed E-state index contributed by atoms with van der Waals surface area (Å²) >= 11 is 0. The molecule has 2 aromatic rings. The fraction of sp³-hybridized carbons (Fsp3) is 0.269. The summed E-state index contributed by atoms with van der Waals surface area (Å²) in [6.07, 6.45) is 4.78. The van der Waals surface area contributed by atoms with E-state index >= 15 is 4.39 Å². The Labute approximate surface area is 208 Å². The number of hydrogen-bond acceptors (Lipinski definition) is 3. The highest BCUT2D eigenvalue weighted by Crippen LogP contribution is 2.31. The zero-order valence-electron chi connectivity index (χ0n) is 20.0. The van der Waals surface area contributed by atoms with Gasteiger partial charge in [-0.25, -0.2) is 8.78 Å². The number of guanidine groups is 2. The largest absolute Gasteiger partial charge is 0.370 e. The van der Waals surface area contributed by atoms with Gasteiger partial charge in [-0.1, -0.05) is 18.2 Å². The summed E-state index contributed by atoms with van der Waals surface area (Å²) in [6.45, 7) is 3.70. The Balaban J connectivity index is 1.48. The van der Waals surface area contributed by atoms with Crippen molar-refractivity contribution in [2.75, 3.05) is 31.5 Å². The van der Waals surface area contributed by atoms with Gasteiger partial charge in [0.2, 0.25) is 0 Å². The number of carbonyl (C=O) groups excluding carboxylic acids is 1. The maximum atomic E-state index is 15.0. The van der Waals surface area contributed by atoms with E-state index in [0.717, 1.165) is 11.1 Å². The highest BCUT2D eigenvalue weighted by atomic mass is 19.1. The van der Waals surface area contributed by atoms with Gasteiger partial charge in [0, 0.05) is 48.6 Å². The smallest absolute Gasteiger partial charge is 0.255 e. The summed E-state index contributed by atoms with van der Waals surface area (Å²) in [5, 5.41) is 17.7. The molecule has 0 saturated heterocycles. The van der Waals surface area contributed by atoms with Crippen LogP contribution in [0.15, 0.2) is 42.5 Å². The highest BCUT2D eigenvalue weighted by Gasteiger charge is 2.20. The summed E-state index contributed by atoms with van der Waals surface area (Å²) in [5.74, 6) is -1.56. The van der Waals surface area contributed by atoms with Crippen LogP contribution < -0.4 is 16.8 Å². The third kappa shape index (κ3) is 5.22. The molecule has 2 aliphatic heterocycles. The van der Waals surface area contributed by atoms with Crippen molar-refractivity contribution in [3.8, 4) is 0 Å². The van der Waals surface area contributed by atoms with E-state index in [-0.39, 0.29) is 23.2 Å². The molecule has 2 aliphatic rings. The van der Waals surface area contributed by atoms with Gasteiger partial charge in [0.05, 0.1) is 0 Å². The molecule has 4 rings (SSSR count). The number of hydrogen-bond donors (Lipinski definition) is 5. The molecular formula is C26H29F2N7O. The first kappa shape index (κ1) is 24.9. The summed E-state index contributed by atoms with van der Waals surface area (Å²) in [5.41, 5.74) is 14.6. The molecule has 0 saturated carbocycles. The molecule has 0 radical (unpaired) electrons. The standard InChI is InChI=1S/C26H29F2N7O/c1-15-12-19(14-22(28)23(15)17-6-10-35(11-7-17)26(31)32)33-24(36)18-2-3-20(21(27)13-18)16-4-8-34(9-5-16)25(29)30/h2-4,6,12-14H,5,7-11H2,1H3,(H3,29,30)(H3,31,32)(H,33,36). The Kier molecular flexibility index (Phi) is 7.05. The predicted octanol–water partition coefficient (Wildman–Crippen LogP) is 3.49. The second kappa shape index (κ2) is 10.2. The number of rotatable bonds is 4. The van der Waals surface area contributed by atoms with E-state index in [9.17, 15) is 9.18 Å². The Morgan fingerprint density at radius 1 is 0.917 bits per heavy atom. The van der Waals surface area contributed by atoms with E-state index in [2.05, 4.69) is 5.32 Å². The fourth-order valence-corrected chi connectivity index (χ4v) is 4.59. The molecule has 0 aliphatic carbocycles. The van der Waals surface area contributed by atoms with Crippen molar-refractivity contribution in [2.45, 2.75) is 19.8 Å². The van der Waals surface area contributed by atoms with E-state index in [4.69, 9.17) is 22.3 Å². The number of nitrogens with two attached hydrogens (primary N) is 2. The lowest BCUT2D eigenvalue weighted by molar-refractivity contribution is 0.102. The molecule has 0 bridgehead atoms. The molecule has 36 heavy (non-hydrogen) atoms. The zero-order chi connectivity index (χ0) is 26.0. The van der Waals surface area contributed by atoms with Crippen LogP contribution in [0.25, 0.3) is 11.1 Å². The average molecular weight is 494 g/mol. The van der Waals surface area contributed by atoms with Crippen molar-refractivity contribution in [1.29, 1.82) is 10.8 Å². The molecule has 2 heterocycles. The number of amides is 1. The number of nitrogens with zero attached hydrogens (tertiary/aromatic N) is 2. The number of aryl methyl sites for hydroxylation is 1. The number of nitrogens with one attached hydrogen (secondary N) is 3. The molecular weight excluding hydrogens is 464 g/mol. The zero-order valence-corrected chi connectivity index (χ0v) is 20.0. The first-order chi connectivity index (χ1) is 17.1. The van der Waals surface area contributed by atoms with Gasteiger partial charge < -0.3 is 26.6 Å². The van der Waals surface area contributed by atoms with Crippen molar-refractivity contribution < 1.29 is 13.6 Å². The van der Waals surface area contributed by atoms with Gasteiger partial charge in [-0.05, 0) is 60.7 Å². The lowest BCUT2D eigenvalue weighted by atomic mass is 9.94. The van der Waals surface area contributed by atoms with Crippen molar-refractivity contribution >= 4 is 34.7 Å². The van der Waals surface area contributed by atoms with Crippen molar-refractivity contribution in [1.82, 2.24) is 9.80 Å². The first-order valence-electron chi connectivity index (χ1n) is 11.6. The molecule has 1 amide bonds. The SMILES string of the molecule is Cc1cc(NC(=O)c2ccc(C3=CCN(C(=N)N)CC3)c(F)c2)cc(F)c1C1=CCN(C(=N)N)CC1. The average Bonchev–Trinajstić information content (AvgIpc) is 2.84. The van der Waals surface area contributed by atoms with Gasteiger partial charge in [0.15, 0.2) is 11.9 Å². The summed E-state index contributed by atoms with van der Waals surface area (Å²) in [4.78, 5) is 16.2. The molecule has 0 aromatic heterocycles. The normalized spacial score (nSPS) is 15.8. The number of benzene rings is 2. The molecule has 0 atom stereocenters. The number of carbonyl (C=O) groups is 1. The van der Waals surface area contributed by atoms with Crippen LogP contribution in [0, 0.1) is 29.4 Å². The Hall–Kier alpha value is -4.21. The molecule has 10 heteroatoms. The van der Waals surface area contributed by atoms with Crippen LogP contribution in [-0.2, 0) is 0 Å². The monoisotopic (exact) mass is 493 g/mol. The van der Waals surface area contributed by atoms with Gasteiger partial charge in [0.25, 0.3) is 5.91 Å². The topological polar surface area (TPSA) is 135 Å². The highest BCUT2D eigenvalue weighted by molar-refractivity contribution is 6.04. The molecule has 8 nitrogen and oxygen atoms in total. The minimum absolute atomic E-state index is 0.0138. The Morgan fingerprint density at radius 2 is 1.53 bits per heavy atom. The third-order valence-corrected chi connectivity index (χ3v) is 6.54. The fourth-order valence-electron chi connectivity index (χ4n) is 4.59. The minimum atomic E-state index is -0.540. The van der Waals surface area contributed by atoms with Crippen LogP contribution in [-0.4, -0.2) is 53.8 Å². The second-order valence-corrected chi connectivity index (χ2v) is 8.92. The van der Waals surface area contributed by atoms with Gasteiger partial charge in [-0.3, -0.25) is 15.6 Å². The Morgan fingerprint density at radius 3 is 2.03 bits per heavy atom. The molecule has 0 fully saturated rings. The maximum Gasteiger partial charge on any atom is 0.255 e. The summed E-state index contributed by atoms with van der Waals surface area (Å²) in [7, 11) is 0. The van der Waals surface area contributed by atoms with Gasteiger partial charge >= 0.3 is 0 Å². The number of halogens is 2. The van der Waals surface area contributed by atoms with E-state index in [1.807, 2.05) is 12.2 Å². The third-order valence-electron chi connectivity index (χ3n) is 6.54. The van der Waals surface area contributed by atoms with Crippen LogP contribution >= 0.6 is 0 Å². The lowest BCUT2D eigenvalue weighted by Gasteiger charge is -2.27. The second-order valence-electron chi connectivity index (χ2n) is 8.92. The van der Waals surface area contributed by atoms with Gasteiger partial charge in [0.1, 0.15) is 11.6 Å². The van der Waals surface area contributed by atoms with E-state index in [0.29, 0.717) is 55.7 Å². The van der Waals surface area contributed by atoms with Crippen LogP contribution in [0.4, 0.5) is 14.5 Å². The molecule has 7 N–H and O–H groups in total. The van der Waals surface area contributed by atoms with Crippen molar-refractivity contribution in [3.63, 3.8) is 0 Å². The Bertz CT molecular complexity index is 1280. The number of anilines is 1. The van der Waals surface area contributed by atoms with Crippen LogP contribution in [0.2, 0.25) is 0 Å². The minimum Gasteiger partial charge on any atom is -0.370 e. The summed E-state index contributed by atoms with van der Waals surface area (Å²) < 4.78 is 29.9. The van der Waals surface area contributed by atoms with Crippen molar-refractivity contribution in [2.24, 2.45) is 11.5 Å². The molecule has 2 aromatic carbocycles. The molecule has 188 valence electrons. The van der Waals surface area contributed by atoms with E-state index in [1.165, 1.54) is 18.2 Å². The van der Waals surface area contributed by atoms with Crippen LogP contribution in [0.1, 0.15) is 39.9 Å². The van der Waals surface area contributed by atoms with E-state index < -0.39 is 17.5 Å². The summed E-state index contributed by atoms with van der Waals surface area (Å²) in [6, 6.07) is 7.23. The van der Waals surface area contributed by atoms with Gasteiger partial charge in [-0.15, -0.1) is 0 Å². The van der Waals surface area contributed by atoms with E-state index in [1.54, 1.807) is 28.9 Å². The molecule has 0 unspecified atom stereocenters. The lowest BCUT2D eigenvalue weighted by Crippen LogP contribution is -2.39. The first-order valence-corrected chi connectivity index (χ1v) is 11.6. The van der Waals surface area contributed by atoms with Crippen molar-refractivity contribution in [3.05, 3.63) is 76.4 Å². The van der Waals surface area contributed by atoms with Crippen LogP contribution in [0.5, 0.6) is 0 Å². The predicted molar refractivity (Wildman–Crippen MR) is 138 cm³/mol. The maximum absolute atomic E-state index is 15.0. The van der Waals surface area contributed by atoms with Gasteiger partial charge in [-0.2, -0.15) is 0 Å². The van der Waals surface area contributed by atoms with Crippen LogP contribution in [0.3, 0.4) is 0 Å². The molecule has 0 spiro atoms.